The maximum absolute atomic E-state index is 8.44. The van der Waals surface area contributed by atoms with Gasteiger partial charge in [0.25, 0.3) is 0 Å². The largest absolute Gasteiger partial charge is 0.496 e. The van der Waals surface area contributed by atoms with Crippen LogP contribution in [-0.2, 0) is 6.54 Å². The summed E-state index contributed by atoms with van der Waals surface area (Å²) in [6.45, 7) is 5.60. The third-order valence-electron chi connectivity index (χ3n) is 2.51. The lowest BCUT2D eigenvalue weighted by molar-refractivity contribution is 0.407. The van der Waals surface area contributed by atoms with Crippen LogP contribution in [0.15, 0.2) is 12.1 Å². The van der Waals surface area contributed by atoms with Crippen molar-refractivity contribution < 1.29 is 4.74 Å². The zero-order valence-electron chi connectivity index (χ0n) is 10.1. The second kappa shape index (κ2) is 6.14. The first-order valence-electron chi connectivity index (χ1n) is 5.40. The number of nitrogens with zero attached hydrogens (tertiary/aromatic N) is 1. The summed E-state index contributed by atoms with van der Waals surface area (Å²) in [4.78, 5) is 0. The van der Waals surface area contributed by atoms with Gasteiger partial charge in [0, 0.05) is 25.1 Å². The highest BCUT2D eigenvalue weighted by Gasteiger charge is 2.06. The molecule has 1 aromatic carbocycles. The number of methoxy groups -OCH3 is 1. The van der Waals surface area contributed by atoms with Crippen molar-refractivity contribution in [3.05, 3.63) is 28.8 Å². The number of nitriles is 1. The van der Waals surface area contributed by atoms with E-state index in [0.717, 1.165) is 12.3 Å². The Morgan fingerprint density at radius 1 is 1.38 bits per heavy atom. The monoisotopic (exact) mass is 218 g/mol. The van der Waals surface area contributed by atoms with Crippen LogP contribution in [0.25, 0.3) is 0 Å². The maximum atomic E-state index is 8.44. The van der Waals surface area contributed by atoms with Crippen molar-refractivity contribution in [1.82, 2.24) is 5.32 Å². The lowest BCUT2D eigenvalue weighted by Gasteiger charge is -2.13. The summed E-state index contributed by atoms with van der Waals surface area (Å²) in [5.74, 6) is 0.918. The number of hydrogen-bond acceptors (Lipinski definition) is 3. The topological polar surface area (TPSA) is 45.0 Å². The fraction of sp³-hybridized carbons (Fsp3) is 0.462. The third-order valence-corrected chi connectivity index (χ3v) is 2.51. The molecule has 0 saturated heterocycles. The molecule has 0 heterocycles. The van der Waals surface area contributed by atoms with Gasteiger partial charge in [0.05, 0.1) is 13.2 Å². The van der Waals surface area contributed by atoms with E-state index >= 15 is 0 Å². The number of aryl methyl sites for hydroxylation is 2. The Kier molecular flexibility index (Phi) is 4.81. The highest BCUT2D eigenvalue weighted by molar-refractivity contribution is 5.42. The van der Waals surface area contributed by atoms with E-state index in [4.69, 9.17) is 10.00 Å². The van der Waals surface area contributed by atoms with Crippen LogP contribution in [-0.4, -0.2) is 13.7 Å². The Morgan fingerprint density at radius 3 is 2.75 bits per heavy atom. The number of nitrogens with one attached hydrogen (secondary N) is 1. The van der Waals surface area contributed by atoms with Gasteiger partial charge >= 0.3 is 0 Å². The number of ether oxygens (including phenoxy) is 1. The highest BCUT2D eigenvalue weighted by Crippen LogP contribution is 2.23. The molecule has 0 aliphatic carbocycles. The summed E-state index contributed by atoms with van der Waals surface area (Å²) in [5.41, 5.74) is 3.60. The molecular weight excluding hydrogens is 200 g/mol. The van der Waals surface area contributed by atoms with E-state index < -0.39 is 0 Å². The van der Waals surface area contributed by atoms with Crippen molar-refractivity contribution in [3.8, 4) is 11.8 Å². The Bertz CT molecular complexity index is 394. The molecule has 0 aliphatic heterocycles. The van der Waals surface area contributed by atoms with Crippen molar-refractivity contribution in [2.24, 2.45) is 0 Å². The maximum Gasteiger partial charge on any atom is 0.123 e. The van der Waals surface area contributed by atoms with E-state index in [0.29, 0.717) is 13.0 Å². The van der Waals surface area contributed by atoms with Gasteiger partial charge in [-0.15, -0.1) is 0 Å². The molecule has 3 nitrogen and oxygen atoms in total. The van der Waals surface area contributed by atoms with Gasteiger partial charge in [-0.25, -0.2) is 0 Å². The summed E-state index contributed by atoms with van der Waals surface area (Å²) in [7, 11) is 1.69. The van der Waals surface area contributed by atoms with E-state index in [1.807, 2.05) is 6.07 Å². The molecule has 0 bridgehead atoms. The lowest BCUT2D eigenvalue weighted by atomic mass is 10.0. The van der Waals surface area contributed by atoms with Crippen molar-refractivity contribution in [2.75, 3.05) is 13.7 Å². The smallest absolute Gasteiger partial charge is 0.123 e. The predicted molar refractivity (Wildman–Crippen MR) is 64.4 cm³/mol. The van der Waals surface area contributed by atoms with Crippen LogP contribution in [0.4, 0.5) is 0 Å². The van der Waals surface area contributed by atoms with E-state index in [1.165, 1.54) is 16.7 Å². The van der Waals surface area contributed by atoms with Gasteiger partial charge in [-0.2, -0.15) is 5.26 Å². The molecule has 1 aromatic rings. The second-order valence-electron chi connectivity index (χ2n) is 3.85. The SMILES string of the molecule is COc1cc(C)cc(C)c1CNCCC#N. The Morgan fingerprint density at radius 2 is 2.12 bits per heavy atom. The number of rotatable bonds is 5. The van der Waals surface area contributed by atoms with Crippen molar-refractivity contribution in [1.29, 1.82) is 5.26 Å². The Labute approximate surface area is 97.0 Å². The Balaban J connectivity index is 2.74. The standard InChI is InChI=1S/C13H18N2O/c1-10-7-11(2)12(13(8-10)16-3)9-15-6-4-5-14/h7-8,15H,4,6,9H2,1-3H3. The van der Waals surface area contributed by atoms with Crippen LogP contribution >= 0.6 is 0 Å². The first-order chi connectivity index (χ1) is 7.69. The zero-order chi connectivity index (χ0) is 12.0. The average Bonchev–Trinajstić information content (AvgIpc) is 2.26. The number of benzene rings is 1. The molecule has 86 valence electrons. The Hall–Kier alpha value is -1.53. The molecule has 0 saturated carbocycles. The fourth-order valence-corrected chi connectivity index (χ4v) is 1.72. The first-order valence-corrected chi connectivity index (χ1v) is 5.40. The van der Waals surface area contributed by atoms with Crippen LogP contribution in [0.1, 0.15) is 23.1 Å². The minimum Gasteiger partial charge on any atom is -0.496 e. The van der Waals surface area contributed by atoms with Gasteiger partial charge in [0.2, 0.25) is 0 Å². The van der Waals surface area contributed by atoms with Gasteiger partial charge in [-0.1, -0.05) is 6.07 Å². The molecule has 1 rings (SSSR count). The normalized spacial score (nSPS) is 9.88. The third kappa shape index (κ3) is 3.25. The van der Waals surface area contributed by atoms with Crippen molar-refractivity contribution in [2.45, 2.75) is 26.8 Å². The molecule has 0 amide bonds. The quantitative estimate of drug-likeness (QED) is 0.771. The van der Waals surface area contributed by atoms with Crippen LogP contribution < -0.4 is 10.1 Å². The predicted octanol–water partition coefficient (Wildman–Crippen LogP) is 2.32. The molecular formula is C13H18N2O. The van der Waals surface area contributed by atoms with Crippen LogP contribution in [0, 0.1) is 25.2 Å². The van der Waals surface area contributed by atoms with E-state index in [-0.39, 0.29) is 0 Å². The first kappa shape index (κ1) is 12.5. The van der Waals surface area contributed by atoms with Crippen molar-refractivity contribution in [3.63, 3.8) is 0 Å². The van der Waals surface area contributed by atoms with E-state index in [2.05, 4.69) is 31.3 Å². The van der Waals surface area contributed by atoms with Gasteiger partial charge in [0.1, 0.15) is 5.75 Å². The molecule has 1 N–H and O–H groups in total. The summed E-state index contributed by atoms with van der Waals surface area (Å²) < 4.78 is 5.36. The molecule has 0 unspecified atom stereocenters. The molecule has 16 heavy (non-hydrogen) atoms. The van der Waals surface area contributed by atoms with Crippen LogP contribution in [0.2, 0.25) is 0 Å². The van der Waals surface area contributed by atoms with E-state index in [1.54, 1.807) is 7.11 Å². The van der Waals surface area contributed by atoms with Gasteiger partial charge < -0.3 is 10.1 Å². The summed E-state index contributed by atoms with van der Waals surface area (Å²) in [6.07, 6.45) is 0.535. The summed E-state index contributed by atoms with van der Waals surface area (Å²) in [5, 5.41) is 11.7. The minimum absolute atomic E-state index is 0.535. The molecule has 0 radical (unpaired) electrons. The molecule has 0 aliphatic rings. The zero-order valence-corrected chi connectivity index (χ0v) is 10.1. The molecule has 0 atom stereocenters. The van der Waals surface area contributed by atoms with E-state index in [9.17, 15) is 0 Å². The number of hydrogen-bond donors (Lipinski definition) is 1. The fourth-order valence-electron chi connectivity index (χ4n) is 1.72. The summed E-state index contributed by atoms with van der Waals surface area (Å²) >= 11 is 0. The molecule has 0 aromatic heterocycles. The van der Waals surface area contributed by atoms with Gasteiger partial charge in [-0.05, 0) is 31.0 Å². The molecule has 0 fully saturated rings. The van der Waals surface area contributed by atoms with Crippen molar-refractivity contribution >= 4 is 0 Å². The highest BCUT2D eigenvalue weighted by atomic mass is 16.5. The minimum atomic E-state index is 0.535. The lowest BCUT2D eigenvalue weighted by Crippen LogP contribution is -2.15. The van der Waals surface area contributed by atoms with Gasteiger partial charge in [0.15, 0.2) is 0 Å². The van der Waals surface area contributed by atoms with Crippen LogP contribution in [0.5, 0.6) is 5.75 Å². The molecule has 3 heteroatoms. The molecule has 0 spiro atoms. The van der Waals surface area contributed by atoms with Crippen LogP contribution in [0.3, 0.4) is 0 Å². The summed E-state index contributed by atoms with van der Waals surface area (Å²) in [6, 6.07) is 6.29. The second-order valence-corrected chi connectivity index (χ2v) is 3.85. The van der Waals surface area contributed by atoms with Gasteiger partial charge in [-0.3, -0.25) is 0 Å². The average molecular weight is 218 g/mol.